The van der Waals surface area contributed by atoms with Gasteiger partial charge in [0.15, 0.2) is 0 Å². The van der Waals surface area contributed by atoms with E-state index in [1.54, 1.807) is 11.8 Å². The van der Waals surface area contributed by atoms with E-state index in [0.717, 1.165) is 5.56 Å². The number of aromatic nitrogens is 1. The molecule has 0 radical (unpaired) electrons. The van der Waals surface area contributed by atoms with Crippen LogP contribution in [0, 0.1) is 12.3 Å². The van der Waals surface area contributed by atoms with Crippen LogP contribution in [0.5, 0.6) is 5.75 Å². The van der Waals surface area contributed by atoms with Gasteiger partial charge >= 0.3 is 5.97 Å². The van der Waals surface area contributed by atoms with Crippen LogP contribution >= 0.6 is 0 Å². The lowest BCUT2D eigenvalue weighted by Crippen LogP contribution is -2.46. The molecular formula is C19H20N2O5. The number of amides is 1. The van der Waals surface area contributed by atoms with Crippen LogP contribution in [0.1, 0.15) is 40.2 Å². The summed E-state index contributed by atoms with van der Waals surface area (Å²) in [5, 5.41) is 13.9. The third-order valence-corrected chi connectivity index (χ3v) is 5.52. The first-order valence-electron chi connectivity index (χ1n) is 8.67. The lowest BCUT2D eigenvalue weighted by atomic mass is 9.73. The predicted molar refractivity (Wildman–Crippen MR) is 91.3 cm³/mol. The van der Waals surface area contributed by atoms with Gasteiger partial charge in [0.1, 0.15) is 29.1 Å². The van der Waals surface area contributed by atoms with Gasteiger partial charge in [-0.05, 0) is 19.4 Å². The lowest BCUT2D eigenvalue weighted by Gasteiger charge is -2.35. The van der Waals surface area contributed by atoms with Gasteiger partial charge < -0.3 is 19.3 Å². The number of carboxylic acid groups (broad SMARTS) is 1. The highest BCUT2D eigenvalue weighted by Gasteiger charge is 2.57. The number of rotatable bonds is 3. The average molecular weight is 356 g/mol. The van der Waals surface area contributed by atoms with Crippen molar-refractivity contribution in [1.29, 1.82) is 0 Å². The van der Waals surface area contributed by atoms with Crippen LogP contribution in [-0.2, 0) is 11.2 Å². The van der Waals surface area contributed by atoms with Crippen LogP contribution in [0.25, 0.3) is 0 Å². The van der Waals surface area contributed by atoms with Crippen molar-refractivity contribution in [1.82, 2.24) is 10.1 Å². The molecule has 3 heterocycles. The minimum atomic E-state index is -1.14. The summed E-state index contributed by atoms with van der Waals surface area (Å²) >= 11 is 0. The smallest absolute Gasteiger partial charge is 0.315 e. The zero-order valence-corrected chi connectivity index (χ0v) is 14.7. The minimum absolute atomic E-state index is 0.0526. The van der Waals surface area contributed by atoms with E-state index in [2.05, 4.69) is 5.16 Å². The van der Waals surface area contributed by atoms with Crippen molar-refractivity contribution in [3.8, 4) is 5.75 Å². The zero-order chi connectivity index (χ0) is 18.5. The van der Waals surface area contributed by atoms with Crippen molar-refractivity contribution in [2.45, 2.75) is 26.2 Å². The summed E-state index contributed by atoms with van der Waals surface area (Å²) in [5.41, 5.74) is 0.750. The Hall–Kier alpha value is -2.83. The Balaban J connectivity index is 1.73. The lowest BCUT2D eigenvalue weighted by molar-refractivity contribution is -0.151. The Labute approximate surface area is 150 Å². The second-order valence-corrected chi connectivity index (χ2v) is 6.94. The minimum Gasteiger partial charge on any atom is -0.492 e. The van der Waals surface area contributed by atoms with Crippen LogP contribution in [0.4, 0.5) is 0 Å². The fraction of sp³-hybridized carbons (Fsp3) is 0.421. The number of aliphatic carboxylic acids is 1. The summed E-state index contributed by atoms with van der Waals surface area (Å²) in [5.74, 6) is -0.320. The fourth-order valence-electron chi connectivity index (χ4n) is 4.08. The van der Waals surface area contributed by atoms with E-state index in [9.17, 15) is 14.7 Å². The van der Waals surface area contributed by atoms with Gasteiger partial charge in [-0.2, -0.15) is 0 Å². The molecule has 7 heteroatoms. The summed E-state index contributed by atoms with van der Waals surface area (Å²) in [7, 11) is 0. The van der Waals surface area contributed by atoms with Gasteiger partial charge in [-0.15, -0.1) is 0 Å². The third-order valence-electron chi connectivity index (χ3n) is 5.52. The Bertz CT molecular complexity index is 890. The molecule has 0 spiro atoms. The molecule has 136 valence electrons. The highest BCUT2D eigenvalue weighted by molar-refractivity contribution is 5.97. The molecule has 1 amide bonds. The molecule has 2 unspecified atom stereocenters. The molecule has 1 fully saturated rings. The SMILES string of the molecule is CCc1noc(C)c1C(=O)N1CC2c3ccccc3OCC2(C(=O)O)C1. The summed E-state index contributed by atoms with van der Waals surface area (Å²) in [6.45, 7) is 4.10. The molecule has 2 aliphatic rings. The Morgan fingerprint density at radius 2 is 2.15 bits per heavy atom. The molecule has 1 aromatic heterocycles. The highest BCUT2D eigenvalue weighted by atomic mass is 16.5. The van der Waals surface area contributed by atoms with E-state index in [0.29, 0.717) is 35.7 Å². The zero-order valence-electron chi connectivity index (χ0n) is 14.7. The topological polar surface area (TPSA) is 92.9 Å². The quantitative estimate of drug-likeness (QED) is 0.907. The Kier molecular flexibility index (Phi) is 3.75. The molecule has 4 rings (SSSR count). The van der Waals surface area contributed by atoms with Crippen molar-refractivity contribution in [3.05, 3.63) is 46.8 Å². The number of hydrogen-bond donors (Lipinski definition) is 1. The number of hydrogen-bond acceptors (Lipinski definition) is 5. The number of ether oxygens (including phenoxy) is 1. The maximum absolute atomic E-state index is 13.1. The predicted octanol–water partition coefficient (Wildman–Crippen LogP) is 2.25. The molecule has 0 aliphatic carbocycles. The normalized spacial score (nSPS) is 23.9. The van der Waals surface area contributed by atoms with Crippen molar-refractivity contribution < 1.29 is 24.0 Å². The molecule has 7 nitrogen and oxygen atoms in total. The first-order valence-corrected chi connectivity index (χ1v) is 8.67. The van der Waals surface area contributed by atoms with E-state index in [1.165, 1.54) is 0 Å². The third kappa shape index (κ3) is 2.23. The average Bonchev–Trinajstić information content (AvgIpc) is 3.22. The van der Waals surface area contributed by atoms with E-state index >= 15 is 0 Å². The summed E-state index contributed by atoms with van der Waals surface area (Å²) in [4.78, 5) is 26.9. The number of likely N-dealkylation sites (tertiary alicyclic amines) is 1. The number of carbonyl (C=O) groups is 2. The number of benzene rings is 1. The molecular weight excluding hydrogens is 336 g/mol. The number of carboxylic acids is 1. The number of carbonyl (C=O) groups excluding carboxylic acids is 1. The van der Waals surface area contributed by atoms with Crippen LogP contribution in [-0.4, -0.2) is 46.7 Å². The maximum atomic E-state index is 13.1. The van der Waals surface area contributed by atoms with E-state index in [-0.39, 0.29) is 25.0 Å². The van der Waals surface area contributed by atoms with Gasteiger partial charge in [0, 0.05) is 24.6 Å². The van der Waals surface area contributed by atoms with Gasteiger partial charge in [-0.1, -0.05) is 30.3 Å². The van der Waals surface area contributed by atoms with Crippen LogP contribution in [0.3, 0.4) is 0 Å². The standard InChI is InChI=1S/C19H20N2O5/c1-3-14-16(11(2)26-20-14)17(22)21-8-13-12-6-4-5-7-15(12)25-10-19(13,9-21)18(23)24/h4-7,13H,3,8-10H2,1-2H3,(H,23,24). The van der Waals surface area contributed by atoms with Gasteiger partial charge in [0.25, 0.3) is 5.91 Å². The largest absolute Gasteiger partial charge is 0.492 e. The van der Waals surface area contributed by atoms with E-state index in [4.69, 9.17) is 9.26 Å². The number of para-hydroxylation sites is 1. The Morgan fingerprint density at radius 3 is 2.88 bits per heavy atom. The molecule has 0 saturated carbocycles. The first-order chi connectivity index (χ1) is 12.5. The maximum Gasteiger partial charge on any atom is 0.315 e. The van der Waals surface area contributed by atoms with Crippen molar-refractivity contribution >= 4 is 11.9 Å². The van der Waals surface area contributed by atoms with Gasteiger partial charge in [0.2, 0.25) is 0 Å². The molecule has 1 saturated heterocycles. The van der Waals surface area contributed by atoms with Crippen LogP contribution < -0.4 is 4.74 Å². The molecule has 2 aliphatic heterocycles. The summed E-state index contributed by atoms with van der Waals surface area (Å²) in [6.07, 6.45) is 0.575. The summed E-state index contributed by atoms with van der Waals surface area (Å²) in [6, 6.07) is 7.44. The van der Waals surface area contributed by atoms with Gasteiger partial charge in [0.05, 0.1) is 5.69 Å². The molecule has 1 N–H and O–H groups in total. The first kappa shape index (κ1) is 16.6. The van der Waals surface area contributed by atoms with Crippen LogP contribution in [0.15, 0.2) is 28.8 Å². The molecule has 2 atom stereocenters. The van der Waals surface area contributed by atoms with E-state index < -0.39 is 11.4 Å². The number of fused-ring (bicyclic) bond motifs is 3. The summed E-state index contributed by atoms with van der Waals surface area (Å²) < 4.78 is 10.9. The van der Waals surface area contributed by atoms with Gasteiger partial charge in [-0.25, -0.2) is 0 Å². The second-order valence-electron chi connectivity index (χ2n) is 6.94. The fourth-order valence-corrected chi connectivity index (χ4v) is 4.08. The van der Waals surface area contributed by atoms with E-state index in [1.807, 2.05) is 31.2 Å². The highest BCUT2D eigenvalue weighted by Crippen LogP contribution is 2.50. The molecule has 1 aromatic carbocycles. The molecule has 2 aromatic rings. The monoisotopic (exact) mass is 356 g/mol. The number of nitrogens with zero attached hydrogens (tertiary/aromatic N) is 2. The van der Waals surface area contributed by atoms with Crippen LogP contribution in [0.2, 0.25) is 0 Å². The molecule has 0 bridgehead atoms. The van der Waals surface area contributed by atoms with Crippen molar-refractivity contribution in [3.63, 3.8) is 0 Å². The number of aryl methyl sites for hydroxylation is 2. The Morgan fingerprint density at radius 1 is 1.38 bits per heavy atom. The van der Waals surface area contributed by atoms with Crippen molar-refractivity contribution in [2.24, 2.45) is 5.41 Å². The van der Waals surface area contributed by atoms with Gasteiger partial charge in [-0.3, -0.25) is 9.59 Å². The second kappa shape index (κ2) is 5.86. The van der Waals surface area contributed by atoms with Crippen molar-refractivity contribution in [2.75, 3.05) is 19.7 Å². The molecule has 26 heavy (non-hydrogen) atoms.